The summed E-state index contributed by atoms with van der Waals surface area (Å²) < 4.78 is 13.9. The quantitative estimate of drug-likeness (QED) is 0.685. The summed E-state index contributed by atoms with van der Waals surface area (Å²) in [6.45, 7) is 11.0. The number of halogens is 2. The largest absolute Gasteiger partial charge is 0.316 e. The monoisotopic (exact) mass is 343 g/mol. The second-order valence-electron chi connectivity index (χ2n) is 6.51. The number of hydrogen-bond acceptors (Lipinski definition) is 1. The second-order valence-corrected chi connectivity index (χ2v) is 7.36. The van der Waals surface area contributed by atoms with Crippen molar-refractivity contribution in [2.24, 2.45) is 11.3 Å². The van der Waals surface area contributed by atoms with Crippen molar-refractivity contribution < 1.29 is 4.39 Å². The van der Waals surface area contributed by atoms with E-state index in [1.807, 2.05) is 12.1 Å². The first-order chi connectivity index (χ1) is 9.36. The van der Waals surface area contributed by atoms with Crippen LogP contribution in [0.15, 0.2) is 22.7 Å². The molecule has 3 heteroatoms. The molecule has 0 aliphatic carbocycles. The van der Waals surface area contributed by atoms with Gasteiger partial charge in [-0.25, -0.2) is 4.39 Å². The van der Waals surface area contributed by atoms with Crippen LogP contribution in [0.3, 0.4) is 0 Å². The normalized spacial score (nSPS) is 14.6. The summed E-state index contributed by atoms with van der Waals surface area (Å²) in [6, 6.07) is 5.36. The van der Waals surface area contributed by atoms with E-state index in [2.05, 4.69) is 48.9 Å². The lowest BCUT2D eigenvalue weighted by molar-refractivity contribution is 0.270. The Morgan fingerprint density at radius 1 is 1.35 bits per heavy atom. The third-order valence-electron chi connectivity index (χ3n) is 3.57. The number of nitrogens with one attached hydrogen (secondary N) is 1. The highest BCUT2D eigenvalue weighted by Gasteiger charge is 2.23. The molecule has 0 heterocycles. The Kier molecular flexibility index (Phi) is 7.18. The van der Waals surface area contributed by atoms with Crippen LogP contribution in [-0.2, 0) is 6.42 Å². The van der Waals surface area contributed by atoms with Crippen LogP contribution in [0.5, 0.6) is 0 Å². The Balaban J connectivity index is 2.71. The highest BCUT2D eigenvalue weighted by molar-refractivity contribution is 9.10. The van der Waals surface area contributed by atoms with Crippen LogP contribution in [0, 0.1) is 17.2 Å². The van der Waals surface area contributed by atoms with Gasteiger partial charge in [-0.3, -0.25) is 0 Å². The number of hydrogen-bond donors (Lipinski definition) is 1. The zero-order valence-electron chi connectivity index (χ0n) is 13.1. The van der Waals surface area contributed by atoms with Crippen LogP contribution in [0.4, 0.5) is 4.39 Å². The van der Waals surface area contributed by atoms with Gasteiger partial charge in [0.05, 0.1) is 4.47 Å². The van der Waals surface area contributed by atoms with E-state index in [1.54, 1.807) is 6.07 Å². The fraction of sp³-hybridized carbons (Fsp3) is 0.647. The third-order valence-corrected chi connectivity index (χ3v) is 4.18. The van der Waals surface area contributed by atoms with Crippen molar-refractivity contribution in [3.8, 4) is 0 Å². The van der Waals surface area contributed by atoms with Crippen molar-refractivity contribution in [1.82, 2.24) is 5.32 Å². The smallest absolute Gasteiger partial charge is 0.137 e. The summed E-state index contributed by atoms with van der Waals surface area (Å²) in [7, 11) is 0. The Bertz CT molecular complexity index is 419. The summed E-state index contributed by atoms with van der Waals surface area (Å²) >= 11 is 3.27. The molecule has 0 spiro atoms. The molecule has 1 rings (SSSR count). The standard InChI is InChI=1S/C17H27BrFN/c1-5-8-17(4,12-20-11-13(2)3)10-14-6-7-16(19)15(18)9-14/h6-7,9,13,20H,5,8,10-12H2,1-4H3. The van der Waals surface area contributed by atoms with Crippen molar-refractivity contribution in [3.63, 3.8) is 0 Å². The molecular weight excluding hydrogens is 317 g/mol. The van der Waals surface area contributed by atoms with Crippen LogP contribution in [0.25, 0.3) is 0 Å². The van der Waals surface area contributed by atoms with Crippen LogP contribution >= 0.6 is 15.9 Å². The maximum absolute atomic E-state index is 13.3. The van der Waals surface area contributed by atoms with E-state index in [0.717, 1.165) is 19.5 Å². The van der Waals surface area contributed by atoms with E-state index in [4.69, 9.17) is 0 Å². The van der Waals surface area contributed by atoms with E-state index in [9.17, 15) is 4.39 Å². The molecule has 1 N–H and O–H groups in total. The molecule has 0 saturated carbocycles. The minimum absolute atomic E-state index is 0.191. The summed E-state index contributed by atoms with van der Waals surface area (Å²) in [4.78, 5) is 0. The van der Waals surface area contributed by atoms with Crippen molar-refractivity contribution in [2.45, 2.75) is 47.0 Å². The first-order valence-electron chi connectivity index (χ1n) is 7.51. The maximum atomic E-state index is 13.3. The number of rotatable bonds is 8. The fourth-order valence-corrected chi connectivity index (χ4v) is 3.07. The molecule has 0 bridgehead atoms. The molecule has 1 atom stereocenters. The zero-order chi connectivity index (χ0) is 15.2. The molecule has 0 amide bonds. The zero-order valence-corrected chi connectivity index (χ0v) is 14.7. The van der Waals surface area contributed by atoms with E-state index >= 15 is 0 Å². The van der Waals surface area contributed by atoms with Gasteiger partial charge < -0.3 is 5.32 Å². The Hall–Kier alpha value is -0.410. The SMILES string of the molecule is CCCC(C)(CNCC(C)C)Cc1ccc(F)c(Br)c1. The molecule has 20 heavy (non-hydrogen) atoms. The molecule has 1 aromatic carbocycles. The lowest BCUT2D eigenvalue weighted by atomic mass is 9.79. The molecule has 0 fully saturated rings. The summed E-state index contributed by atoms with van der Waals surface area (Å²) in [5.41, 5.74) is 1.42. The summed E-state index contributed by atoms with van der Waals surface area (Å²) in [6.07, 6.45) is 3.32. The molecule has 1 nitrogen and oxygen atoms in total. The van der Waals surface area contributed by atoms with E-state index in [1.165, 1.54) is 18.4 Å². The Morgan fingerprint density at radius 3 is 2.60 bits per heavy atom. The van der Waals surface area contributed by atoms with E-state index in [0.29, 0.717) is 10.4 Å². The van der Waals surface area contributed by atoms with Gasteiger partial charge in [0.1, 0.15) is 5.82 Å². The van der Waals surface area contributed by atoms with Gasteiger partial charge in [0.2, 0.25) is 0 Å². The molecule has 0 aliphatic heterocycles. The highest BCUT2D eigenvalue weighted by atomic mass is 79.9. The number of benzene rings is 1. The van der Waals surface area contributed by atoms with Gasteiger partial charge in [-0.1, -0.05) is 40.2 Å². The molecule has 1 unspecified atom stereocenters. The first kappa shape index (κ1) is 17.6. The van der Waals surface area contributed by atoms with Crippen LogP contribution in [0.1, 0.15) is 46.1 Å². The maximum Gasteiger partial charge on any atom is 0.137 e. The summed E-state index contributed by atoms with van der Waals surface area (Å²) in [5, 5.41) is 3.57. The highest BCUT2D eigenvalue weighted by Crippen LogP contribution is 2.29. The molecule has 0 radical (unpaired) electrons. The van der Waals surface area contributed by atoms with Gasteiger partial charge in [-0.15, -0.1) is 0 Å². The lowest BCUT2D eigenvalue weighted by Crippen LogP contribution is -2.35. The van der Waals surface area contributed by atoms with Gasteiger partial charge in [-0.05, 0) is 64.3 Å². The minimum Gasteiger partial charge on any atom is -0.316 e. The van der Waals surface area contributed by atoms with Gasteiger partial charge >= 0.3 is 0 Å². The van der Waals surface area contributed by atoms with Crippen molar-refractivity contribution >= 4 is 15.9 Å². The molecule has 0 saturated heterocycles. The van der Waals surface area contributed by atoms with Gasteiger partial charge in [0.25, 0.3) is 0 Å². The van der Waals surface area contributed by atoms with E-state index < -0.39 is 0 Å². The average molecular weight is 344 g/mol. The molecule has 114 valence electrons. The molecule has 0 aliphatic rings. The van der Waals surface area contributed by atoms with Crippen molar-refractivity contribution in [3.05, 3.63) is 34.1 Å². The predicted octanol–water partition coefficient (Wildman–Crippen LogP) is 5.18. The van der Waals surface area contributed by atoms with Gasteiger partial charge in [0.15, 0.2) is 0 Å². The Morgan fingerprint density at radius 2 is 2.05 bits per heavy atom. The minimum atomic E-state index is -0.191. The van der Waals surface area contributed by atoms with Crippen molar-refractivity contribution in [2.75, 3.05) is 13.1 Å². The van der Waals surface area contributed by atoms with Gasteiger partial charge in [-0.2, -0.15) is 0 Å². The summed E-state index contributed by atoms with van der Waals surface area (Å²) in [5.74, 6) is 0.477. The topological polar surface area (TPSA) is 12.0 Å². The third kappa shape index (κ3) is 5.92. The lowest BCUT2D eigenvalue weighted by Gasteiger charge is -2.30. The van der Waals surface area contributed by atoms with Crippen LogP contribution in [0.2, 0.25) is 0 Å². The van der Waals surface area contributed by atoms with Crippen LogP contribution in [-0.4, -0.2) is 13.1 Å². The van der Waals surface area contributed by atoms with Crippen molar-refractivity contribution in [1.29, 1.82) is 0 Å². The molecular formula is C17H27BrFN. The second kappa shape index (κ2) is 8.14. The van der Waals surface area contributed by atoms with Crippen LogP contribution < -0.4 is 5.32 Å². The first-order valence-corrected chi connectivity index (χ1v) is 8.30. The Labute approximate surface area is 131 Å². The molecule has 0 aromatic heterocycles. The fourth-order valence-electron chi connectivity index (χ4n) is 2.65. The van der Waals surface area contributed by atoms with Gasteiger partial charge in [0, 0.05) is 6.54 Å². The molecule has 1 aromatic rings. The predicted molar refractivity (Wildman–Crippen MR) is 88.5 cm³/mol. The average Bonchev–Trinajstić information content (AvgIpc) is 2.33. The van der Waals surface area contributed by atoms with E-state index in [-0.39, 0.29) is 11.2 Å².